The Bertz CT molecular complexity index is 1390. The van der Waals surface area contributed by atoms with Crippen LogP contribution in [-0.4, -0.2) is 60.4 Å². The van der Waals surface area contributed by atoms with Gasteiger partial charge in [0, 0.05) is 6.61 Å². The number of guanidine groups is 1. The summed E-state index contributed by atoms with van der Waals surface area (Å²) in [7, 11) is 1.65. The fourth-order valence-electron chi connectivity index (χ4n) is 4.70. The Morgan fingerprint density at radius 1 is 1.07 bits per heavy atom. The molecule has 5 rings (SSSR count). The molecule has 3 aromatic carbocycles. The first-order valence-electron chi connectivity index (χ1n) is 12.5. The van der Waals surface area contributed by atoms with E-state index >= 15 is 0 Å². The number of aliphatic imine (C=N–C) groups is 1. The summed E-state index contributed by atoms with van der Waals surface area (Å²) in [6.45, 7) is 1.13. The molecule has 0 spiro atoms. The van der Waals surface area contributed by atoms with Crippen LogP contribution in [0.4, 0.5) is 13.2 Å². The summed E-state index contributed by atoms with van der Waals surface area (Å²) in [6.07, 6.45) is -3.19. The third kappa shape index (κ3) is 5.94. The Hall–Kier alpha value is -4.38. The lowest BCUT2D eigenvalue weighted by molar-refractivity contribution is -0.192. The predicted octanol–water partition coefficient (Wildman–Crippen LogP) is 4.58. The maximum atomic E-state index is 14.0. The van der Waals surface area contributed by atoms with E-state index in [0.29, 0.717) is 6.54 Å². The number of rotatable bonds is 6. The van der Waals surface area contributed by atoms with Gasteiger partial charge in [0.15, 0.2) is 11.5 Å². The molecule has 2 heterocycles. The van der Waals surface area contributed by atoms with E-state index in [1.165, 1.54) is 0 Å². The highest BCUT2D eigenvalue weighted by atomic mass is 19.4. The van der Waals surface area contributed by atoms with Crippen LogP contribution in [0.1, 0.15) is 24.0 Å². The molecule has 1 fully saturated rings. The number of carboxylic acids is 1. The van der Waals surface area contributed by atoms with Crippen molar-refractivity contribution in [2.45, 2.75) is 30.7 Å². The zero-order valence-electron chi connectivity index (χ0n) is 21.6. The van der Waals surface area contributed by atoms with E-state index < -0.39 is 17.7 Å². The van der Waals surface area contributed by atoms with Crippen molar-refractivity contribution in [3.8, 4) is 16.9 Å². The van der Waals surface area contributed by atoms with Crippen LogP contribution in [0.3, 0.4) is 0 Å². The number of nitrogens with zero attached hydrogens (tertiary/aromatic N) is 2. The molecule has 0 aliphatic carbocycles. The first-order valence-corrected chi connectivity index (χ1v) is 12.5. The molecule has 0 aromatic heterocycles. The van der Waals surface area contributed by atoms with Gasteiger partial charge >= 0.3 is 12.1 Å². The van der Waals surface area contributed by atoms with Gasteiger partial charge in [0.1, 0.15) is 5.75 Å². The van der Waals surface area contributed by atoms with Gasteiger partial charge in [-0.15, -0.1) is 0 Å². The third-order valence-electron chi connectivity index (χ3n) is 6.64. The number of carbonyl (C=O) groups is 2. The van der Waals surface area contributed by atoms with Gasteiger partial charge in [0.05, 0.1) is 19.8 Å². The molecule has 1 saturated heterocycles. The number of aliphatic carboxylic acids is 1. The topological polar surface area (TPSA) is 114 Å². The molecule has 0 bridgehead atoms. The highest BCUT2D eigenvalue weighted by Gasteiger charge is 2.51. The van der Waals surface area contributed by atoms with Gasteiger partial charge in [0.2, 0.25) is 0 Å². The minimum atomic E-state index is -5.08. The summed E-state index contributed by atoms with van der Waals surface area (Å²) in [4.78, 5) is 29.3. The molecule has 210 valence electrons. The molecule has 8 nitrogen and oxygen atoms in total. The highest BCUT2D eigenvalue weighted by Crippen LogP contribution is 2.41. The molecule has 2 atom stereocenters. The number of hydrogen-bond acceptors (Lipinski definition) is 6. The number of nitrogens with two attached hydrogens (primary N) is 1. The van der Waals surface area contributed by atoms with Crippen LogP contribution in [-0.2, 0) is 19.9 Å². The van der Waals surface area contributed by atoms with Gasteiger partial charge in [-0.05, 0) is 53.3 Å². The molecule has 2 unspecified atom stereocenters. The van der Waals surface area contributed by atoms with E-state index in [4.69, 9.17) is 30.1 Å². The van der Waals surface area contributed by atoms with Gasteiger partial charge in [-0.3, -0.25) is 9.69 Å². The minimum absolute atomic E-state index is 0.0163. The minimum Gasteiger partial charge on any atom is -0.497 e. The lowest BCUT2D eigenvalue weighted by Crippen LogP contribution is -2.46. The van der Waals surface area contributed by atoms with E-state index in [1.54, 1.807) is 12.0 Å². The van der Waals surface area contributed by atoms with E-state index in [0.717, 1.165) is 47.5 Å². The molecule has 2 aliphatic heterocycles. The van der Waals surface area contributed by atoms with Crippen molar-refractivity contribution in [2.24, 2.45) is 10.7 Å². The fraction of sp³-hybridized carbons (Fsp3) is 0.276. The van der Waals surface area contributed by atoms with Crippen molar-refractivity contribution < 1.29 is 37.3 Å². The normalized spacial score (nSPS) is 20.5. The number of alkyl halides is 3. The van der Waals surface area contributed by atoms with Crippen molar-refractivity contribution in [2.75, 3.05) is 20.3 Å². The van der Waals surface area contributed by atoms with Gasteiger partial charge in [-0.25, -0.2) is 9.79 Å². The van der Waals surface area contributed by atoms with Gasteiger partial charge < -0.3 is 20.3 Å². The van der Waals surface area contributed by atoms with Crippen molar-refractivity contribution in [1.29, 1.82) is 0 Å². The summed E-state index contributed by atoms with van der Waals surface area (Å²) in [5.41, 5.74) is 8.66. The van der Waals surface area contributed by atoms with E-state index in [1.807, 2.05) is 78.9 Å². The molecule has 1 amide bonds. The number of amides is 1. The van der Waals surface area contributed by atoms with Crippen molar-refractivity contribution in [3.63, 3.8) is 0 Å². The molecule has 0 radical (unpaired) electrons. The molecule has 2 aliphatic rings. The Morgan fingerprint density at radius 2 is 1.70 bits per heavy atom. The fourth-order valence-corrected chi connectivity index (χ4v) is 4.70. The van der Waals surface area contributed by atoms with Crippen LogP contribution in [0.5, 0.6) is 5.75 Å². The van der Waals surface area contributed by atoms with Crippen LogP contribution in [0.15, 0.2) is 83.9 Å². The number of carboxylic acid groups (broad SMARTS) is 1. The lowest BCUT2D eigenvalue weighted by atomic mass is 9.81. The average molecular weight is 556 g/mol. The van der Waals surface area contributed by atoms with Crippen molar-refractivity contribution >= 4 is 17.8 Å². The van der Waals surface area contributed by atoms with E-state index in [2.05, 4.69) is 0 Å². The highest BCUT2D eigenvalue weighted by molar-refractivity contribution is 6.09. The maximum absolute atomic E-state index is 14.0. The summed E-state index contributed by atoms with van der Waals surface area (Å²) in [5, 5.41) is 7.12. The third-order valence-corrected chi connectivity index (χ3v) is 6.64. The molecule has 3 N–H and O–H groups in total. The van der Waals surface area contributed by atoms with Gasteiger partial charge in [-0.2, -0.15) is 13.2 Å². The quantitative estimate of drug-likeness (QED) is 0.461. The molecule has 40 heavy (non-hydrogen) atoms. The number of carbonyl (C=O) groups excluding carboxylic acids is 1. The first kappa shape index (κ1) is 28.6. The van der Waals surface area contributed by atoms with Crippen LogP contribution in [0, 0.1) is 0 Å². The smallest absolute Gasteiger partial charge is 0.490 e. The average Bonchev–Trinajstić information content (AvgIpc) is 3.56. The number of benzene rings is 3. The van der Waals surface area contributed by atoms with E-state index in [9.17, 15) is 18.0 Å². The molecule has 0 saturated carbocycles. The first-order chi connectivity index (χ1) is 19.1. The standard InChI is InChI=1S/C27H27N3O3.C2HF3O2/c1-32-23-13-6-9-20(17-23)19-8-5-12-22(16-19)27(21-10-3-2-4-11-21)25(31)30(26(28)29-27)18-24-14-7-15-33-24;3-2(4,5)1(6)7/h2-6,8-13,16-17,24H,7,14-15,18H2,1H3,(H2,28,29);(H,6,7). The maximum Gasteiger partial charge on any atom is 0.490 e. The second-order valence-electron chi connectivity index (χ2n) is 9.21. The Labute approximate surface area is 228 Å². The number of ether oxygens (including phenoxy) is 2. The molecular formula is C29H28F3N3O5. The zero-order chi connectivity index (χ0) is 28.9. The van der Waals surface area contributed by atoms with Crippen LogP contribution in [0.25, 0.3) is 11.1 Å². The zero-order valence-corrected chi connectivity index (χ0v) is 21.6. The van der Waals surface area contributed by atoms with Crippen LogP contribution >= 0.6 is 0 Å². The number of methoxy groups -OCH3 is 1. The second-order valence-corrected chi connectivity index (χ2v) is 9.21. The Kier molecular flexibility index (Phi) is 8.43. The Balaban J connectivity index is 0.000000470. The van der Waals surface area contributed by atoms with Crippen molar-refractivity contribution in [3.05, 3.63) is 90.0 Å². The van der Waals surface area contributed by atoms with Crippen LogP contribution in [0.2, 0.25) is 0 Å². The summed E-state index contributed by atoms with van der Waals surface area (Å²) < 4.78 is 42.9. The summed E-state index contributed by atoms with van der Waals surface area (Å²) in [5.74, 6) is -1.90. The van der Waals surface area contributed by atoms with E-state index in [-0.39, 0.29) is 18.0 Å². The SMILES string of the molecule is COc1cccc(-c2cccc(C3(c4ccccc4)N=C(N)N(CC4CCCO4)C3=O)c2)c1.O=C(O)C(F)(F)F. The number of halogens is 3. The monoisotopic (exact) mass is 555 g/mol. The molecule has 11 heteroatoms. The largest absolute Gasteiger partial charge is 0.497 e. The summed E-state index contributed by atoms with van der Waals surface area (Å²) >= 11 is 0. The lowest BCUT2D eigenvalue weighted by Gasteiger charge is -2.28. The predicted molar refractivity (Wildman–Crippen MR) is 142 cm³/mol. The summed E-state index contributed by atoms with van der Waals surface area (Å²) in [6, 6.07) is 25.4. The van der Waals surface area contributed by atoms with Gasteiger partial charge in [0.25, 0.3) is 5.91 Å². The number of hydrogen-bond donors (Lipinski definition) is 2. The van der Waals surface area contributed by atoms with Gasteiger partial charge in [-0.1, -0.05) is 60.7 Å². The van der Waals surface area contributed by atoms with Crippen LogP contribution < -0.4 is 10.5 Å². The molecule has 3 aromatic rings. The Morgan fingerprint density at radius 3 is 2.30 bits per heavy atom. The van der Waals surface area contributed by atoms with Crippen molar-refractivity contribution in [1.82, 2.24) is 4.90 Å². The second kappa shape index (κ2) is 11.8. The molecular weight excluding hydrogens is 527 g/mol.